The molecule has 1 aromatic heterocycles. The van der Waals surface area contributed by atoms with Gasteiger partial charge in [-0.05, 0) is 24.3 Å². The number of pyridine rings is 1. The van der Waals surface area contributed by atoms with Gasteiger partial charge in [0.1, 0.15) is 16.9 Å². The summed E-state index contributed by atoms with van der Waals surface area (Å²) in [7, 11) is 0. The second-order valence-electron chi connectivity index (χ2n) is 3.86. The Morgan fingerprint density at radius 3 is 2.62 bits per heavy atom. The molecule has 0 aliphatic heterocycles. The minimum Gasteiger partial charge on any atom is -0.320 e. The summed E-state index contributed by atoms with van der Waals surface area (Å²) in [6.45, 7) is 0. The average Bonchev–Trinajstić information content (AvgIpc) is 2.42. The predicted molar refractivity (Wildman–Crippen MR) is 80.3 cm³/mol. The lowest BCUT2D eigenvalue weighted by Crippen LogP contribution is -2.14. The Morgan fingerprint density at radius 2 is 1.95 bits per heavy atom. The minimum atomic E-state index is -0.741. The lowest BCUT2D eigenvalue weighted by molar-refractivity contribution is -0.385. The van der Waals surface area contributed by atoms with Gasteiger partial charge in [0.15, 0.2) is 0 Å². The summed E-state index contributed by atoms with van der Waals surface area (Å²) in [6.07, 6.45) is 0.914. The molecule has 2 rings (SSSR count). The van der Waals surface area contributed by atoms with Crippen molar-refractivity contribution in [3.63, 3.8) is 0 Å². The van der Waals surface area contributed by atoms with Crippen LogP contribution in [0.1, 0.15) is 10.4 Å². The van der Waals surface area contributed by atoms with Crippen LogP contribution in [0.5, 0.6) is 0 Å². The molecule has 6 nitrogen and oxygen atoms in total. The van der Waals surface area contributed by atoms with Gasteiger partial charge in [-0.2, -0.15) is 0 Å². The number of anilines is 1. The summed E-state index contributed by atoms with van der Waals surface area (Å²) in [6, 6.07) is 5.57. The highest BCUT2D eigenvalue weighted by Crippen LogP contribution is 2.27. The third kappa shape index (κ3) is 3.60. The Hall–Kier alpha value is -1.89. The molecule has 1 N–H and O–H groups in total. The van der Waals surface area contributed by atoms with Crippen LogP contribution in [0.4, 0.5) is 11.4 Å². The zero-order valence-corrected chi connectivity index (χ0v) is 12.4. The molecule has 0 saturated heterocycles. The highest BCUT2D eigenvalue weighted by Gasteiger charge is 2.22. The van der Waals surface area contributed by atoms with Crippen LogP contribution in [-0.2, 0) is 0 Å². The molecule has 0 bridgehead atoms. The number of benzene rings is 1. The smallest absolute Gasteiger partial charge is 0.300 e. The molecule has 21 heavy (non-hydrogen) atoms. The number of aromatic nitrogens is 1. The Bertz CT molecular complexity index is 737. The Balaban J connectivity index is 2.39. The average molecular weight is 347 g/mol. The first-order valence-electron chi connectivity index (χ1n) is 5.45. The third-order valence-electron chi connectivity index (χ3n) is 2.47. The van der Waals surface area contributed by atoms with Gasteiger partial charge in [-0.3, -0.25) is 14.9 Å². The number of carbonyl (C=O) groups is 1. The summed E-state index contributed by atoms with van der Waals surface area (Å²) in [5, 5.41) is 13.9. The standard InChI is InChI=1S/C12H6Cl3N3O3/c13-6-1-2-8(14)9(3-6)17-12(19)7-4-11(15)16-5-10(7)18(20)21/h1-5H,(H,17,19). The van der Waals surface area contributed by atoms with Crippen molar-refractivity contribution in [1.29, 1.82) is 0 Å². The fraction of sp³-hybridized carbons (Fsp3) is 0. The van der Waals surface area contributed by atoms with Gasteiger partial charge in [0.2, 0.25) is 0 Å². The monoisotopic (exact) mass is 345 g/mol. The van der Waals surface area contributed by atoms with Crippen LogP contribution in [0.25, 0.3) is 0 Å². The Labute approximate surface area is 133 Å². The molecule has 0 atom stereocenters. The van der Waals surface area contributed by atoms with Crippen molar-refractivity contribution in [3.05, 3.63) is 61.3 Å². The SMILES string of the molecule is O=C(Nc1cc(Cl)ccc1Cl)c1cc(Cl)ncc1[N+](=O)[O-]. The molecule has 0 aliphatic carbocycles. The first-order valence-corrected chi connectivity index (χ1v) is 6.58. The number of amides is 1. The van der Waals surface area contributed by atoms with E-state index in [4.69, 9.17) is 34.8 Å². The number of rotatable bonds is 3. The van der Waals surface area contributed by atoms with Crippen molar-refractivity contribution in [2.75, 3.05) is 5.32 Å². The van der Waals surface area contributed by atoms with Crippen molar-refractivity contribution in [3.8, 4) is 0 Å². The molecule has 0 radical (unpaired) electrons. The fourth-order valence-electron chi connectivity index (χ4n) is 1.53. The van der Waals surface area contributed by atoms with E-state index in [9.17, 15) is 14.9 Å². The molecule has 1 heterocycles. The van der Waals surface area contributed by atoms with Crippen LogP contribution < -0.4 is 5.32 Å². The van der Waals surface area contributed by atoms with E-state index in [0.29, 0.717) is 5.02 Å². The van der Waals surface area contributed by atoms with Gasteiger partial charge < -0.3 is 5.32 Å². The number of halogens is 3. The normalized spacial score (nSPS) is 10.2. The van der Waals surface area contributed by atoms with Crippen LogP contribution in [0.2, 0.25) is 15.2 Å². The summed E-state index contributed by atoms with van der Waals surface area (Å²) in [5.74, 6) is -0.741. The molecule has 0 aliphatic rings. The number of hydrogen-bond donors (Lipinski definition) is 1. The van der Waals surface area contributed by atoms with E-state index in [-0.39, 0.29) is 21.4 Å². The molecular weight excluding hydrogens is 341 g/mol. The van der Waals surface area contributed by atoms with Gasteiger partial charge in [0, 0.05) is 5.02 Å². The molecule has 0 spiro atoms. The van der Waals surface area contributed by atoms with E-state index >= 15 is 0 Å². The molecule has 0 saturated carbocycles. The fourth-order valence-corrected chi connectivity index (χ4v) is 2.03. The summed E-state index contributed by atoms with van der Waals surface area (Å²) < 4.78 is 0. The Morgan fingerprint density at radius 1 is 1.24 bits per heavy atom. The number of nitrogens with zero attached hydrogens (tertiary/aromatic N) is 2. The zero-order chi connectivity index (χ0) is 15.6. The van der Waals surface area contributed by atoms with Crippen LogP contribution in [0, 0.1) is 10.1 Å². The topological polar surface area (TPSA) is 85.1 Å². The van der Waals surface area contributed by atoms with Crippen molar-refractivity contribution >= 4 is 52.1 Å². The van der Waals surface area contributed by atoms with Gasteiger partial charge in [0.25, 0.3) is 11.6 Å². The van der Waals surface area contributed by atoms with E-state index in [1.807, 2.05) is 0 Å². The third-order valence-corrected chi connectivity index (χ3v) is 3.24. The van der Waals surface area contributed by atoms with Gasteiger partial charge >= 0.3 is 0 Å². The predicted octanol–water partition coefficient (Wildman–Crippen LogP) is 4.20. The molecule has 0 unspecified atom stereocenters. The van der Waals surface area contributed by atoms with Crippen LogP contribution >= 0.6 is 34.8 Å². The largest absolute Gasteiger partial charge is 0.320 e. The van der Waals surface area contributed by atoms with E-state index < -0.39 is 16.5 Å². The second-order valence-corrected chi connectivity index (χ2v) is 5.09. The first-order chi connectivity index (χ1) is 9.88. The van der Waals surface area contributed by atoms with E-state index in [2.05, 4.69) is 10.3 Å². The van der Waals surface area contributed by atoms with Crippen molar-refractivity contribution < 1.29 is 9.72 Å². The second kappa shape index (κ2) is 6.26. The van der Waals surface area contributed by atoms with Gasteiger partial charge in [-0.15, -0.1) is 0 Å². The first kappa shape index (κ1) is 15.5. The quantitative estimate of drug-likeness (QED) is 0.512. The van der Waals surface area contributed by atoms with Crippen molar-refractivity contribution in [2.24, 2.45) is 0 Å². The van der Waals surface area contributed by atoms with Crippen molar-refractivity contribution in [2.45, 2.75) is 0 Å². The maximum absolute atomic E-state index is 12.2. The summed E-state index contributed by atoms with van der Waals surface area (Å²) in [4.78, 5) is 25.9. The lowest BCUT2D eigenvalue weighted by atomic mass is 10.2. The highest BCUT2D eigenvalue weighted by atomic mass is 35.5. The van der Waals surface area contributed by atoms with Gasteiger partial charge in [-0.1, -0.05) is 34.8 Å². The molecule has 2 aromatic rings. The highest BCUT2D eigenvalue weighted by molar-refractivity contribution is 6.36. The summed E-state index contributed by atoms with van der Waals surface area (Å²) in [5.41, 5.74) is -0.456. The minimum absolute atomic E-state index is 0.0389. The van der Waals surface area contributed by atoms with E-state index in [0.717, 1.165) is 12.3 Å². The van der Waals surface area contributed by atoms with Crippen LogP contribution in [-0.4, -0.2) is 15.8 Å². The van der Waals surface area contributed by atoms with Gasteiger partial charge in [0.05, 0.1) is 15.6 Å². The zero-order valence-electron chi connectivity index (χ0n) is 10.1. The van der Waals surface area contributed by atoms with E-state index in [1.54, 1.807) is 6.07 Å². The van der Waals surface area contributed by atoms with E-state index in [1.165, 1.54) is 12.1 Å². The molecular formula is C12H6Cl3N3O3. The van der Waals surface area contributed by atoms with Crippen molar-refractivity contribution in [1.82, 2.24) is 4.98 Å². The number of carbonyl (C=O) groups excluding carboxylic acids is 1. The maximum atomic E-state index is 12.2. The van der Waals surface area contributed by atoms with Crippen LogP contribution in [0.15, 0.2) is 30.5 Å². The molecule has 1 aromatic carbocycles. The number of hydrogen-bond acceptors (Lipinski definition) is 4. The number of nitrogens with one attached hydrogen (secondary N) is 1. The number of nitro groups is 1. The lowest BCUT2D eigenvalue weighted by Gasteiger charge is -2.08. The molecule has 108 valence electrons. The van der Waals surface area contributed by atoms with Crippen LogP contribution in [0.3, 0.4) is 0 Å². The summed E-state index contributed by atoms with van der Waals surface area (Å²) >= 11 is 17.4. The molecule has 9 heteroatoms. The Kier molecular flexibility index (Phi) is 4.62. The molecule has 1 amide bonds. The van der Waals surface area contributed by atoms with Gasteiger partial charge in [-0.25, -0.2) is 4.98 Å². The molecule has 0 fully saturated rings. The maximum Gasteiger partial charge on any atom is 0.300 e.